The minimum atomic E-state index is -1.24. The van der Waals surface area contributed by atoms with Gasteiger partial charge in [-0.05, 0) is 51.8 Å². The Bertz CT molecular complexity index is 1600. The molecule has 196 valence electrons. The normalized spacial score (nSPS) is 13.6. The lowest BCUT2D eigenvalue weighted by atomic mass is 10.1. The largest absolute Gasteiger partial charge is 0.485 e. The Balaban J connectivity index is 1.57. The van der Waals surface area contributed by atoms with E-state index in [-0.39, 0.29) is 34.8 Å². The first-order valence-corrected chi connectivity index (χ1v) is 12.3. The van der Waals surface area contributed by atoms with Crippen LogP contribution in [0.5, 0.6) is 5.75 Å². The van der Waals surface area contributed by atoms with Gasteiger partial charge in [-0.3, -0.25) is 19.3 Å². The molecule has 1 aliphatic rings. The third-order valence-electron chi connectivity index (χ3n) is 6.22. The third-order valence-corrected chi connectivity index (χ3v) is 6.56. The molecule has 0 unspecified atom stereocenters. The molecule has 4 aromatic heterocycles. The summed E-state index contributed by atoms with van der Waals surface area (Å²) in [5.74, 6) is -1.16. The number of rotatable bonds is 7. The van der Waals surface area contributed by atoms with Gasteiger partial charge < -0.3 is 9.84 Å². The third kappa shape index (κ3) is 5.01. The van der Waals surface area contributed by atoms with Gasteiger partial charge in [0.05, 0.1) is 23.3 Å². The topological polar surface area (TPSA) is 103 Å². The molecule has 0 spiro atoms. The standard InChI is InChI=1S/C27H24ClF2N5O3/c1-14-23(15-4-5-15)35(25(36)22(28)24(14)38-13-21-18(30)10-16(29)12-33-21)17-6-8-31-20(11-17)19-7-9-32-26(34-19)27(2,3)37/h6-12,15,37H,4-5,13H2,1-3H3. The van der Waals surface area contributed by atoms with Crippen molar-refractivity contribution in [3.8, 4) is 22.8 Å². The Morgan fingerprint density at radius 1 is 1.13 bits per heavy atom. The number of halogens is 3. The van der Waals surface area contributed by atoms with Crippen molar-refractivity contribution < 1.29 is 18.6 Å². The van der Waals surface area contributed by atoms with E-state index in [2.05, 4.69) is 19.9 Å². The summed E-state index contributed by atoms with van der Waals surface area (Å²) in [6.07, 6.45) is 5.77. The van der Waals surface area contributed by atoms with Crippen LogP contribution in [0.2, 0.25) is 5.02 Å². The molecule has 0 amide bonds. The predicted molar refractivity (Wildman–Crippen MR) is 136 cm³/mol. The molecule has 0 aromatic carbocycles. The quantitative estimate of drug-likeness (QED) is 0.352. The van der Waals surface area contributed by atoms with Crippen molar-refractivity contribution in [2.24, 2.45) is 0 Å². The lowest BCUT2D eigenvalue weighted by Crippen LogP contribution is -2.25. The number of hydrogen-bond donors (Lipinski definition) is 1. The molecule has 4 aromatic rings. The van der Waals surface area contributed by atoms with Crippen molar-refractivity contribution in [3.05, 3.63) is 92.6 Å². The minimum Gasteiger partial charge on any atom is -0.485 e. The highest BCUT2D eigenvalue weighted by atomic mass is 35.5. The van der Waals surface area contributed by atoms with Gasteiger partial charge in [-0.2, -0.15) is 0 Å². The van der Waals surface area contributed by atoms with Gasteiger partial charge >= 0.3 is 0 Å². The second kappa shape index (κ2) is 9.85. The molecule has 8 nitrogen and oxygen atoms in total. The van der Waals surface area contributed by atoms with Crippen LogP contribution in [0, 0.1) is 18.6 Å². The van der Waals surface area contributed by atoms with E-state index in [1.54, 1.807) is 49.7 Å². The smallest absolute Gasteiger partial charge is 0.277 e. The Labute approximate surface area is 222 Å². The lowest BCUT2D eigenvalue weighted by molar-refractivity contribution is 0.0688. The van der Waals surface area contributed by atoms with E-state index in [0.717, 1.165) is 30.8 Å². The molecule has 1 N–H and O–H groups in total. The summed E-state index contributed by atoms with van der Waals surface area (Å²) in [4.78, 5) is 30.3. The van der Waals surface area contributed by atoms with Crippen LogP contribution in [0.15, 0.2) is 47.7 Å². The summed E-state index contributed by atoms with van der Waals surface area (Å²) in [6, 6.07) is 5.81. The van der Waals surface area contributed by atoms with E-state index >= 15 is 0 Å². The van der Waals surface area contributed by atoms with Crippen molar-refractivity contribution in [3.63, 3.8) is 0 Å². The van der Waals surface area contributed by atoms with Crippen LogP contribution in [0.4, 0.5) is 8.78 Å². The maximum atomic E-state index is 14.1. The number of pyridine rings is 3. The average Bonchev–Trinajstić information content (AvgIpc) is 3.72. The van der Waals surface area contributed by atoms with Crippen LogP contribution in [0.25, 0.3) is 17.1 Å². The van der Waals surface area contributed by atoms with Gasteiger partial charge in [-0.25, -0.2) is 18.7 Å². The summed E-state index contributed by atoms with van der Waals surface area (Å²) in [6.45, 7) is 4.65. The molecule has 38 heavy (non-hydrogen) atoms. The molecule has 1 aliphatic carbocycles. The zero-order chi connectivity index (χ0) is 27.2. The fourth-order valence-electron chi connectivity index (χ4n) is 4.21. The fourth-order valence-corrected chi connectivity index (χ4v) is 4.49. The zero-order valence-corrected chi connectivity index (χ0v) is 21.6. The molecule has 0 aliphatic heterocycles. The van der Waals surface area contributed by atoms with E-state index in [1.165, 1.54) is 6.20 Å². The van der Waals surface area contributed by atoms with Crippen LogP contribution in [0.3, 0.4) is 0 Å². The predicted octanol–water partition coefficient (Wildman–Crippen LogP) is 5.01. The first-order valence-electron chi connectivity index (χ1n) is 11.9. The first-order chi connectivity index (χ1) is 18.0. The van der Waals surface area contributed by atoms with Crippen LogP contribution >= 0.6 is 11.6 Å². The van der Waals surface area contributed by atoms with Crippen LogP contribution in [-0.2, 0) is 12.2 Å². The number of aromatic nitrogens is 5. The zero-order valence-electron chi connectivity index (χ0n) is 20.9. The number of nitrogens with zero attached hydrogens (tertiary/aromatic N) is 5. The molecular weight excluding hydrogens is 516 g/mol. The van der Waals surface area contributed by atoms with Gasteiger partial charge in [-0.15, -0.1) is 0 Å². The minimum absolute atomic E-state index is 0.104. The summed E-state index contributed by atoms with van der Waals surface area (Å²) in [5, 5.41) is 10.1. The van der Waals surface area contributed by atoms with E-state index in [9.17, 15) is 18.7 Å². The van der Waals surface area contributed by atoms with Gasteiger partial charge in [-0.1, -0.05) is 11.6 Å². The number of hydrogen-bond acceptors (Lipinski definition) is 7. The summed E-state index contributed by atoms with van der Waals surface area (Å²) in [5.41, 5.74) is 1.03. The van der Waals surface area contributed by atoms with E-state index in [4.69, 9.17) is 16.3 Å². The molecule has 0 bridgehead atoms. The molecule has 1 saturated carbocycles. The first kappa shape index (κ1) is 25.9. The van der Waals surface area contributed by atoms with Crippen LogP contribution < -0.4 is 10.3 Å². The summed E-state index contributed by atoms with van der Waals surface area (Å²) < 4.78 is 34.6. The van der Waals surface area contributed by atoms with Crippen molar-refractivity contribution in [1.29, 1.82) is 0 Å². The van der Waals surface area contributed by atoms with E-state index < -0.39 is 22.8 Å². The summed E-state index contributed by atoms with van der Waals surface area (Å²) in [7, 11) is 0. The molecular formula is C27H24ClF2N5O3. The SMILES string of the molecule is Cc1c(OCc2ncc(F)cc2F)c(Cl)c(=O)n(-c2ccnc(-c3ccnc(C(C)(C)O)n3)c2)c1C1CC1. The Morgan fingerprint density at radius 3 is 2.55 bits per heavy atom. The Kier molecular flexibility index (Phi) is 6.70. The fraction of sp³-hybridized carbons (Fsp3) is 0.296. The van der Waals surface area contributed by atoms with Crippen molar-refractivity contribution >= 4 is 11.6 Å². The van der Waals surface area contributed by atoms with Gasteiger partial charge in [0.1, 0.15) is 34.5 Å². The van der Waals surface area contributed by atoms with Gasteiger partial charge in [0.15, 0.2) is 11.6 Å². The molecule has 0 radical (unpaired) electrons. The molecule has 11 heteroatoms. The molecule has 1 fully saturated rings. The van der Waals surface area contributed by atoms with Crippen molar-refractivity contribution in [2.45, 2.75) is 51.7 Å². The Hall–Kier alpha value is -3.76. The molecule has 0 saturated heterocycles. The highest BCUT2D eigenvalue weighted by Crippen LogP contribution is 2.45. The molecule has 0 atom stereocenters. The van der Waals surface area contributed by atoms with Crippen molar-refractivity contribution in [2.75, 3.05) is 0 Å². The average molecular weight is 540 g/mol. The number of aliphatic hydroxyl groups is 1. The van der Waals surface area contributed by atoms with Gasteiger partial charge in [0, 0.05) is 35.6 Å². The van der Waals surface area contributed by atoms with Gasteiger partial charge in [0.2, 0.25) is 0 Å². The summed E-state index contributed by atoms with van der Waals surface area (Å²) >= 11 is 6.51. The van der Waals surface area contributed by atoms with Gasteiger partial charge in [0.25, 0.3) is 5.56 Å². The van der Waals surface area contributed by atoms with Crippen LogP contribution in [-0.4, -0.2) is 29.6 Å². The lowest BCUT2D eigenvalue weighted by Gasteiger charge is -2.20. The van der Waals surface area contributed by atoms with Crippen LogP contribution in [0.1, 0.15) is 55.4 Å². The molecule has 5 rings (SSSR count). The Morgan fingerprint density at radius 2 is 1.87 bits per heavy atom. The molecule has 4 heterocycles. The van der Waals surface area contributed by atoms with E-state index in [0.29, 0.717) is 22.6 Å². The monoisotopic (exact) mass is 539 g/mol. The maximum absolute atomic E-state index is 14.1. The number of ether oxygens (including phenoxy) is 1. The highest BCUT2D eigenvalue weighted by molar-refractivity contribution is 6.32. The second-order valence-electron chi connectivity index (χ2n) is 9.66. The van der Waals surface area contributed by atoms with E-state index in [1.807, 2.05) is 0 Å². The van der Waals surface area contributed by atoms with Crippen molar-refractivity contribution in [1.82, 2.24) is 24.5 Å². The highest BCUT2D eigenvalue weighted by Gasteiger charge is 2.33. The maximum Gasteiger partial charge on any atom is 0.277 e. The second-order valence-corrected chi connectivity index (χ2v) is 10.0.